The Labute approximate surface area is 261 Å². The van der Waals surface area contributed by atoms with Crippen molar-refractivity contribution in [2.45, 2.75) is 111 Å². The number of rotatable bonds is 7. The third-order valence-corrected chi connectivity index (χ3v) is 7.56. The van der Waals surface area contributed by atoms with Crippen molar-refractivity contribution in [2.24, 2.45) is 0 Å². The molecule has 1 heterocycles. The van der Waals surface area contributed by atoms with Crippen LogP contribution in [0.25, 0.3) is 5.57 Å². The molecular weight excluding hydrogens is 583 g/mol. The van der Waals surface area contributed by atoms with Gasteiger partial charge in [-0.2, -0.15) is 13.9 Å². The molecule has 0 saturated heterocycles. The Hall–Kier alpha value is -2.29. The maximum absolute atomic E-state index is 13.5. The van der Waals surface area contributed by atoms with E-state index in [2.05, 4.69) is 23.6 Å². The van der Waals surface area contributed by atoms with Crippen LogP contribution in [0.1, 0.15) is 119 Å². The van der Waals surface area contributed by atoms with E-state index >= 15 is 0 Å². The summed E-state index contributed by atoms with van der Waals surface area (Å²) in [6.45, 7) is 15.5. The van der Waals surface area contributed by atoms with Crippen LogP contribution in [-0.4, -0.2) is 52.2 Å². The Morgan fingerprint density at radius 2 is 1.57 bits per heavy atom. The number of hydrogen-bond donors (Lipinski definition) is 1. The van der Waals surface area contributed by atoms with Crippen LogP contribution in [0.3, 0.4) is 0 Å². The van der Waals surface area contributed by atoms with E-state index in [1.807, 2.05) is 46.8 Å². The molecule has 2 saturated carbocycles. The normalized spacial score (nSPS) is 14.8. The third-order valence-electron chi connectivity index (χ3n) is 6.97. The first-order valence-corrected chi connectivity index (χ1v) is 15.5. The zero-order valence-electron chi connectivity index (χ0n) is 26.2. The van der Waals surface area contributed by atoms with Crippen molar-refractivity contribution in [3.05, 3.63) is 57.3 Å². The number of carboxylic acid groups (broad SMARTS) is 1. The van der Waals surface area contributed by atoms with Crippen molar-refractivity contribution in [1.29, 1.82) is 0 Å². The van der Waals surface area contributed by atoms with Gasteiger partial charge in [-0.1, -0.05) is 83.2 Å². The van der Waals surface area contributed by atoms with Gasteiger partial charge in [-0.25, -0.2) is 0 Å². The van der Waals surface area contributed by atoms with Crippen LogP contribution in [0, 0.1) is 6.92 Å². The molecule has 42 heavy (non-hydrogen) atoms. The molecule has 10 heteroatoms. The van der Waals surface area contributed by atoms with Gasteiger partial charge in [0, 0.05) is 35.1 Å². The lowest BCUT2D eigenvalue weighted by atomic mass is 9.91. The van der Waals surface area contributed by atoms with E-state index in [-0.39, 0.29) is 23.8 Å². The minimum Gasteiger partial charge on any atom is -0.483 e. The van der Waals surface area contributed by atoms with E-state index in [0.29, 0.717) is 22.4 Å². The van der Waals surface area contributed by atoms with Crippen LogP contribution >= 0.6 is 23.2 Å². The molecule has 2 aromatic rings. The topological polar surface area (TPSA) is 75.4 Å². The second kappa shape index (κ2) is 20.6. The molecule has 0 amide bonds. The van der Waals surface area contributed by atoms with Crippen LogP contribution in [0.2, 0.25) is 10.0 Å². The fraction of sp³-hybridized carbons (Fsp3) is 0.594. The number of nitrogens with zero attached hydrogens (tertiary/aromatic N) is 3. The number of aromatic nitrogens is 2. The summed E-state index contributed by atoms with van der Waals surface area (Å²) in [6, 6.07) is 4.59. The summed E-state index contributed by atoms with van der Waals surface area (Å²) >= 11 is 12.6. The van der Waals surface area contributed by atoms with Gasteiger partial charge in [-0.15, -0.1) is 0 Å². The number of hydrogen-bond acceptors (Lipinski definition) is 4. The van der Waals surface area contributed by atoms with Crippen LogP contribution in [0.15, 0.2) is 24.9 Å². The largest absolute Gasteiger partial charge is 0.483 e. The van der Waals surface area contributed by atoms with Crippen LogP contribution in [0.4, 0.5) is 8.78 Å². The van der Waals surface area contributed by atoms with Gasteiger partial charge < -0.3 is 5.11 Å². The molecule has 0 radical (unpaired) electrons. The predicted molar refractivity (Wildman–Crippen MR) is 171 cm³/mol. The number of likely N-dealkylation sites (N-methyl/N-ethyl adjacent to an activating group) is 1. The lowest BCUT2D eigenvalue weighted by molar-refractivity contribution is -0.122. The minimum absolute atomic E-state index is 0.00285. The Balaban J connectivity index is 0.000000661. The SMILES string of the molecule is C=C(CN(C)C1CCC1)c1c(Cl)cc(C)cc1Cl.CC.CC.CC(F)(F)c1c(C=O)cnn1C1CCCCC1.O=CO. The fourth-order valence-electron chi connectivity index (χ4n) is 4.89. The van der Waals surface area contributed by atoms with Crippen molar-refractivity contribution in [3.8, 4) is 0 Å². The highest BCUT2D eigenvalue weighted by atomic mass is 35.5. The zero-order valence-corrected chi connectivity index (χ0v) is 27.7. The van der Waals surface area contributed by atoms with E-state index in [0.717, 1.165) is 62.3 Å². The zero-order chi connectivity index (χ0) is 32.5. The summed E-state index contributed by atoms with van der Waals surface area (Å²) < 4.78 is 28.4. The van der Waals surface area contributed by atoms with Gasteiger partial charge in [0.25, 0.3) is 12.4 Å². The third kappa shape index (κ3) is 12.1. The van der Waals surface area contributed by atoms with Crippen molar-refractivity contribution in [3.63, 3.8) is 0 Å². The van der Waals surface area contributed by atoms with Gasteiger partial charge in [0.15, 0.2) is 6.29 Å². The number of carbonyl (C=O) groups excluding carboxylic acids is 1. The lowest BCUT2D eigenvalue weighted by Gasteiger charge is -2.35. The van der Waals surface area contributed by atoms with Gasteiger partial charge in [0.1, 0.15) is 5.69 Å². The molecule has 2 aliphatic carbocycles. The maximum atomic E-state index is 13.5. The first-order valence-electron chi connectivity index (χ1n) is 14.8. The van der Waals surface area contributed by atoms with Gasteiger partial charge >= 0.3 is 0 Å². The highest BCUT2D eigenvalue weighted by molar-refractivity contribution is 6.37. The molecule has 4 rings (SSSR count). The van der Waals surface area contributed by atoms with E-state index in [1.165, 1.54) is 30.1 Å². The second-order valence-electron chi connectivity index (χ2n) is 10.0. The second-order valence-corrected chi connectivity index (χ2v) is 10.8. The Kier molecular flexibility index (Phi) is 19.5. The lowest BCUT2D eigenvalue weighted by Crippen LogP contribution is -2.37. The van der Waals surface area contributed by atoms with E-state index in [9.17, 15) is 13.6 Å². The highest BCUT2D eigenvalue weighted by Crippen LogP contribution is 2.36. The van der Waals surface area contributed by atoms with E-state index < -0.39 is 5.92 Å². The van der Waals surface area contributed by atoms with Gasteiger partial charge in [-0.05, 0) is 62.9 Å². The summed E-state index contributed by atoms with van der Waals surface area (Å²) in [4.78, 5) is 21.5. The summed E-state index contributed by atoms with van der Waals surface area (Å²) in [5, 5.41) is 12.3. The van der Waals surface area contributed by atoms with Crippen LogP contribution < -0.4 is 0 Å². The molecular formula is C32H49Cl2F2N3O3. The highest BCUT2D eigenvalue weighted by Gasteiger charge is 2.35. The number of carbonyl (C=O) groups is 2. The molecule has 2 fully saturated rings. The standard InChI is InChI=1S/C15H19Cl2N.C12H16F2N2O.2C2H6.CH2O2/c1-10-7-13(16)15(14(17)8-10)11(2)9-18(3)12-5-4-6-12;1-12(13,14)11-9(8-17)7-15-16(11)10-5-3-2-4-6-10;2*1-2;2-1-3/h7-8,12H,2,4-6,9H2,1,3H3;7-8,10H,2-6H2,1H3;2*1-2H3;1H,(H,2,3). The van der Waals surface area contributed by atoms with E-state index in [4.69, 9.17) is 33.1 Å². The Morgan fingerprint density at radius 1 is 1.07 bits per heavy atom. The Bertz CT molecular complexity index is 1070. The van der Waals surface area contributed by atoms with Gasteiger partial charge in [0.2, 0.25) is 0 Å². The van der Waals surface area contributed by atoms with Gasteiger partial charge in [-0.3, -0.25) is 19.2 Å². The number of aryl methyl sites for hydroxylation is 1. The van der Waals surface area contributed by atoms with Crippen LogP contribution in [-0.2, 0) is 10.7 Å². The van der Waals surface area contributed by atoms with Crippen molar-refractivity contribution >= 4 is 41.5 Å². The first-order chi connectivity index (χ1) is 19.9. The fourth-order valence-corrected chi connectivity index (χ4v) is 5.76. The summed E-state index contributed by atoms with van der Waals surface area (Å²) in [7, 11) is 2.14. The minimum atomic E-state index is -3.02. The smallest absolute Gasteiger partial charge is 0.290 e. The molecule has 1 N–H and O–H groups in total. The van der Waals surface area contributed by atoms with Crippen LogP contribution in [0.5, 0.6) is 0 Å². The van der Waals surface area contributed by atoms with Gasteiger partial charge in [0.05, 0.1) is 17.8 Å². The molecule has 6 nitrogen and oxygen atoms in total. The summed E-state index contributed by atoms with van der Waals surface area (Å²) in [5.74, 6) is -3.02. The molecule has 2 aliphatic rings. The van der Waals surface area contributed by atoms with Crippen molar-refractivity contribution in [1.82, 2.24) is 14.7 Å². The molecule has 0 aliphatic heterocycles. The number of halogens is 4. The number of aldehydes is 1. The number of alkyl halides is 2. The predicted octanol–water partition coefficient (Wildman–Crippen LogP) is 9.87. The number of benzene rings is 1. The molecule has 0 unspecified atom stereocenters. The first kappa shape index (κ1) is 39.7. The van der Waals surface area contributed by atoms with E-state index in [1.54, 1.807) is 0 Å². The summed E-state index contributed by atoms with van der Waals surface area (Å²) in [6.07, 6.45) is 10.6. The summed E-state index contributed by atoms with van der Waals surface area (Å²) in [5.41, 5.74) is 2.74. The molecule has 238 valence electrons. The van der Waals surface area contributed by atoms with Crippen molar-refractivity contribution in [2.75, 3.05) is 13.6 Å². The quantitative estimate of drug-likeness (QED) is 0.308. The van der Waals surface area contributed by atoms with Crippen molar-refractivity contribution < 1.29 is 23.5 Å². The maximum Gasteiger partial charge on any atom is 0.290 e. The average Bonchev–Trinajstić information content (AvgIpc) is 3.36. The molecule has 1 aromatic heterocycles. The monoisotopic (exact) mass is 631 g/mol. The Morgan fingerprint density at radius 3 is 1.98 bits per heavy atom. The molecule has 1 aromatic carbocycles. The average molecular weight is 633 g/mol. The molecule has 0 bridgehead atoms. The molecule has 0 atom stereocenters. The molecule has 0 spiro atoms.